The third-order valence-corrected chi connectivity index (χ3v) is 7.77. The van der Waals surface area contributed by atoms with Gasteiger partial charge in [-0.25, -0.2) is 18.6 Å². The number of piperazine rings is 1. The van der Waals surface area contributed by atoms with Gasteiger partial charge in [0.2, 0.25) is 5.88 Å². The van der Waals surface area contributed by atoms with Gasteiger partial charge < -0.3 is 15.0 Å². The van der Waals surface area contributed by atoms with Crippen LogP contribution in [-0.4, -0.2) is 94.6 Å². The van der Waals surface area contributed by atoms with E-state index in [2.05, 4.69) is 33.9 Å². The second-order valence-electron chi connectivity index (χ2n) is 10.5. The maximum Gasteiger partial charge on any atom is 0.317 e. The zero-order valence-electron chi connectivity index (χ0n) is 20.7. The molecule has 0 spiro atoms. The van der Waals surface area contributed by atoms with Crippen LogP contribution in [0.4, 0.5) is 13.6 Å². The van der Waals surface area contributed by atoms with Crippen molar-refractivity contribution in [3.8, 4) is 5.88 Å². The number of likely N-dealkylation sites (tertiary alicyclic amines) is 1. The number of piperidine rings is 1. The van der Waals surface area contributed by atoms with E-state index in [4.69, 9.17) is 4.74 Å². The maximum absolute atomic E-state index is 15.1. The van der Waals surface area contributed by atoms with Crippen molar-refractivity contribution in [2.45, 2.75) is 82.5 Å². The number of alkyl halides is 2. The second kappa shape index (κ2) is 10.3. The van der Waals surface area contributed by atoms with Crippen molar-refractivity contribution in [2.75, 3.05) is 39.3 Å². The van der Waals surface area contributed by atoms with Crippen molar-refractivity contribution in [1.29, 1.82) is 0 Å². The molecule has 3 heterocycles. The molecule has 0 radical (unpaired) electrons. The van der Waals surface area contributed by atoms with Crippen LogP contribution in [0.1, 0.15) is 52.9 Å². The molecule has 3 aliphatic rings. The van der Waals surface area contributed by atoms with Crippen molar-refractivity contribution in [1.82, 2.24) is 25.0 Å². The fourth-order valence-corrected chi connectivity index (χ4v) is 5.50. The van der Waals surface area contributed by atoms with E-state index in [9.17, 15) is 4.79 Å². The van der Waals surface area contributed by atoms with Crippen molar-refractivity contribution in [2.24, 2.45) is 0 Å². The summed E-state index contributed by atoms with van der Waals surface area (Å²) in [5, 5.41) is 2.77. The van der Waals surface area contributed by atoms with Gasteiger partial charge in [0.15, 0.2) is 0 Å². The Morgan fingerprint density at radius 2 is 1.82 bits per heavy atom. The lowest BCUT2D eigenvalue weighted by atomic mass is 9.85. The number of nitrogens with one attached hydrogen (secondary N) is 1. The average Bonchev–Trinajstić information content (AvgIpc) is 2.81. The van der Waals surface area contributed by atoms with Gasteiger partial charge in [-0.1, -0.05) is 6.07 Å². The lowest BCUT2D eigenvalue weighted by Gasteiger charge is -2.48. The summed E-state index contributed by atoms with van der Waals surface area (Å²) in [6.45, 7) is 10.5. The largest absolute Gasteiger partial charge is 0.471 e. The molecular weight excluding hydrogens is 440 g/mol. The minimum absolute atomic E-state index is 0.170. The summed E-state index contributed by atoms with van der Waals surface area (Å²) in [7, 11) is 0. The van der Waals surface area contributed by atoms with Gasteiger partial charge in [-0.15, -0.1) is 0 Å². The van der Waals surface area contributed by atoms with Crippen molar-refractivity contribution in [3.05, 3.63) is 24.4 Å². The average molecular weight is 480 g/mol. The molecule has 34 heavy (non-hydrogen) atoms. The first-order valence-corrected chi connectivity index (χ1v) is 12.7. The van der Waals surface area contributed by atoms with E-state index >= 15 is 8.78 Å². The monoisotopic (exact) mass is 479 g/mol. The third-order valence-electron chi connectivity index (χ3n) is 7.77. The van der Waals surface area contributed by atoms with E-state index < -0.39 is 23.6 Å². The van der Waals surface area contributed by atoms with Gasteiger partial charge in [-0.05, 0) is 39.7 Å². The molecule has 1 saturated carbocycles. The molecule has 190 valence electrons. The van der Waals surface area contributed by atoms with Gasteiger partial charge in [0.25, 0.3) is 5.92 Å². The van der Waals surface area contributed by atoms with Crippen LogP contribution < -0.4 is 10.1 Å². The van der Waals surface area contributed by atoms with Gasteiger partial charge in [0.05, 0.1) is 0 Å². The van der Waals surface area contributed by atoms with Gasteiger partial charge in [0.1, 0.15) is 11.6 Å². The van der Waals surface area contributed by atoms with Crippen LogP contribution in [0.15, 0.2) is 24.4 Å². The molecule has 2 saturated heterocycles. The molecule has 0 bridgehead atoms. The first-order chi connectivity index (χ1) is 16.2. The Morgan fingerprint density at radius 1 is 1.12 bits per heavy atom. The van der Waals surface area contributed by atoms with Crippen LogP contribution >= 0.6 is 0 Å². The number of carbonyl (C=O) groups excluding carboxylic acids is 1. The van der Waals surface area contributed by atoms with Crippen LogP contribution in [0.25, 0.3) is 0 Å². The Bertz CT molecular complexity index is 809. The number of ether oxygens (including phenoxy) is 1. The van der Waals surface area contributed by atoms with Crippen LogP contribution in [0, 0.1) is 0 Å². The van der Waals surface area contributed by atoms with Crippen molar-refractivity contribution < 1.29 is 18.3 Å². The first-order valence-electron chi connectivity index (χ1n) is 12.7. The number of rotatable bonds is 5. The maximum atomic E-state index is 15.1. The number of urea groups is 1. The predicted molar refractivity (Wildman–Crippen MR) is 127 cm³/mol. The summed E-state index contributed by atoms with van der Waals surface area (Å²) >= 11 is 0. The zero-order valence-corrected chi connectivity index (χ0v) is 20.7. The smallest absolute Gasteiger partial charge is 0.317 e. The molecule has 7 nitrogen and oxygen atoms in total. The van der Waals surface area contributed by atoms with Crippen molar-refractivity contribution in [3.63, 3.8) is 0 Å². The van der Waals surface area contributed by atoms with Gasteiger partial charge >= 0.3 is 6.03 Å². The number of nitrogens with zero attached hydrogens (tertiary/aromatic N) is 4. The Labute approximate surface area is 201 Å². The summed E-state index contributed by atoms with van der Waals surface area (Å²) in [6, 6.07) is 4.10. The highest BCUT2D eigenvalue weighted by Crippen LogP contribution is 2.37. The summed E-state index contributed by atoms with van der Waals surface area (Å²) in [6.07, 6.45) is 3.94. The summed E-state index contributed by atoms with van der Waals surface area (Å²) < 4.78 is 36.2. The van der Waals surface area contributed by atoms with Crippen LogP contribution in [0.2, 0.25) is 0 Å². The normalized spacial score (nSPS) is 28.0. The van der Waals surface area contributed by atoms with Crippen LogP contribution in [0.3, 0.4) is 0 Å². The highest BCUT2D eigenvalue weighted by molar-refractivity contribution is 5.75. The number of pyridine rings is 1. The van der Waals surface area contributed by atoms with E-state index in [0.29, 0.717) is 50.7 Å². The number of amides is 2. The second-order valence-corrected chi connectivity index (χ2v) is 10.5. The first kappa shape index (κ1) is 25.1. The predicted octanol–water partition coefficient (Wildman–Crippen LogP) is 3.61. The van der Waals surface area contributed by atoms with Crippen molar-refractivity contribution >= 4 is 6.03 Å². The van der Waals surface area contributed by atoms with E-state index in [1.54, 1.807) is 11.1 Å². The topological polar surface area (TPSA) is 60.9 Å². The highest BCUT2D eigenvalue weighted by Gasteiger charge is 2.50. The Morgan fingerprint density at radius 3 is 2.44 bits per heavy atom. The SMILES string of the molecule is CC(C)N1CCN(C2CCCC(F)(F)C2NC(=O)N2CCC(C)(Oc3ccccn3)CC2)CC1. The van der Waals surface area contributed by atoms with E-state index in [1.165, 1.54) is 0 Å². The number of aromatic nitrogens is 1. The molecule has 1 aromatic heterocycles. The number of carbonyl (C=O) groups is 1. The molecule has 2 aliphatic heterocycles. The van der Waals surface area contributed by atoms with E-state index in [0.717, 1.165) is 26.2 Å². The number of hydrogen-bond donors (Lipinski definition) is 1. The number of halogens is 2. The summed E-state index contributed by atoms with van der Waals surface area (Å²) in [4.78, 5) is 23.5. The molecule has 3 fully saturated rings. The van der Waals surface area contributed by atoms with Gasteiger partial charge in [-0.3, -0.25) is 9.80 Å². The minimum Gasteiger partial charge on any atom is -0.471 e. The Hall–Kier alpha value is -2.00. The summed E-state index contributed by atoms with van der Waals surface area (Å²) in [5.41, 5.74) is -0.432. The highest BCUT2D eigenvalue weighted by atomic mass is 19.3. The lowest BCUT2D eigenvalue weighted by Crippen LogP contribution is -2.66. The molecule has 1 aliphatic carbocycles. The summed E-state index contributed by atoms with van der Waals surface area (Å²) in [5.74, 6) is -2.34. The Kier molecular flexibility index (Phi) is 7.62. The van der Waals surface area contributed by atoms with Gasteiger partial charge in [0, 0.05) is 82.9 Å². The third kappa shape index (κ3) is 5.79. The molecule has 1 aromatic rings. The molecule has 2 amide bonds. The van der Waals surface area contributed by atoms with E-state index in [-0.39, 0.29) is 12.5 Å². The lowest BCUT2D eigenvalue weighted by molar-refractivity contribution is -0.0976. The molecule has 0 aromatic carbocycles. The molecule has 2 atom stereocenters. The Balaban J connectivity index is 1.35. The molecule has 9 heteroatoms. The fraction of sp³-hybridized carbons (Fsp3) is 0.760. The molecule has 1 N–H and O–H groups in total. The minimum atomic E-state index is -2.90. The quantitative estimate of drug-likeness (QED) is 0.699. The molecular formula is C25H39F2N5O2. The van der Waals surface area contributed by atoms with Crippen LogP contribution in [-0.2, 0) is 0 Å². The zero-order chi connectivity index (χ0) is 24.3. The van der Waals surface area contributed by atoms with Crippen LogP contribution in [0.5, 0.6) is 5.88 Å². The van der Waals surface area contributed by atoms with Gasteiger partial charge in [-0.2, -0.15) is 0 Å². The standard InChI is InChI=1S/C25H39F2N5O2/c1-19(2)30-15-17-31(18-16-30)20-7-6-9-25(26,27)22(20)29-23(33)32-13-10-24(3,11-14-32)34-21-8-4-5-12-28-21/h4-5,8,12,19-20,22H,6-7,9-11,13-18H2,1-3H3,(H,29,33). The molecule has 2 unspecified atom stereocenters. The number of hydrogen-bond acceptors (Lipinski definition) is 5. The molecule has 4 rings (SSSR count). The fourth-order valence-electron chi connectivity index (χ4n) is 5.50. The van der Waals surface area contributed by atoms with E-state index in [1.807, 2.05) is 25.1 Å².